The number of anilines is 1. The van der Waals surface area contributed by atoms with Crippen LogP contribution in [0.2, 0.25) is 0 Å². The van der Waals surface area contributed by atoms with Crippen molar-refractivity contribution in [3.63, 3.8) is 0 Å². The first-order valence-electron chi connectivity index (χ1n) is 11.6. The van der Waals surface area contributed by atoms with Crippen LogP contribution in [0.3, 0.4) is 0 Å². The Labute approximate surface area is 216 Å². The van der Waals surface area contributed by atoms with Crippen molar-refractivity contribution in [3.05, 3.63) is 60.2 Å². The highest BCUT2D eigenvalue weighted by Gasteiger charge is 2.22. The number of hydrogen-bond donors (Lipinski definition) is 3. The minimum atomic E-state index is -1.15. The molecule has 2 aromatic carbocycles. The van der Waals surface area contributed by atoms with Gasteiger partial charge in [-0.1, -0.05) is 53.5 Å². The normalized spacial score (nSPS) is 12.7. The lowest BCUT2D eigenvalue weighted by Gasteiger charge is -2.23. The monoisotopic (exact) mass is 524 g/mol. The Morgan fingerprint density at radius 2 is 1.77 bits per heavy atom. The van der Waals surface area contributed by atoms with E-state index < -0.39 is 10.9 Å². The van der Waals surface area contributed by atoms with E-state index in [-0.39, 0.29) is 17.9 Å². The van der Waals surface area contributed by atoms with Gasteiger partial charge in [0.05, 0.1) is 12.6 Å². The third-order valence-electron chi connectivity index (χ3n) is 5.19. The predicted molar refractivity (Wildman–Crippen MR) is 140 cm³/mol. The van der Waals surface area contributed by atoms with Gasteiger partial charge < -0.3 is 31.2 Å². The van der Waals surface area contributed by atoms with Gasteiger partial charge in [0.25, 0.3) is 5.91 Å². The fourth-order valence-electron chi connectivity index (χ4n) is 3.37. The van der Waals surface area contributed by atoms with Gasteiger partial charge in [-0.05, 0) is 49.7 Å². The summed E-state index contributed by atoms with van der Waals surface area (Å²) < 4.78 is 11.3. The molecular weight excluding hydrogens is 491 g/mol. The highest BCUT2D eigenvalue weighted by Crippen LogP contribution is 2.17. The van der Waals surface area contributed by atoms with Crippen molar-refractivity contribution in [2.75, 3.05) is 31.6 Å². The summed E-state index contributed by atoms with van der Waals surface area (Å²) in [5.41, 5.74) is 13.3. The zero-order valence-electron chi connectivity index (χ0n) is 19.9. The number of amides is 2. The van der Waals surface area contributed by atoms with Crippen molar-refractivity contribution < 1.29 is 19.1 Å². The number of para-hydroxylation sites is 1. The Bertz CT molecular complexity index is 900. The Balaban J connectivity index is 1.93. The highest BCUT2D eigenvalue weighted by atomic mass is 35.5. The summed E-state index contributed by atoms with van der Waals surface area (Å²) in [7, 11) is 0. The molecule has 0 saturated heterocycles. The third-order valence-corrected chi connectivity index (χ3v) is 5.56. The Morgan fingerprint density at radius 3 is 2.37 bits per heavy atom. The number of carbonyl (C=O) groups excluding carboxylic acids is 2. The maximum Gasteiger partial charge on any atom is 0.256 e. The zero-order chi connectivity index (χ0) is 25.6. The summed E-state index contributed by atoms with van der Waals surface area (Å²) in [5, 5.41) is 2.82. The average Bonchev–Trinajstić information content (AvgIpc) is 2.84. The van der Waals surface area contributed by atoms with Gasteiger partial charge in [-0.3, -0.25) is 9.59 Å². The lowest BCUT2D eigenvalue weighted by Crippen LogP contribution is -2.40. The second-order valence-electron chi connectivity index (χ2n) is 7.92. The van der Waals surface area contributed by atoms with Crippen LogP contribution in [0.15, 0.2) is 54.6 Å². The molecule has 0 heterocycles. The number of nitrogens with two attached hydrogens (primary N) is 2. The van der Waals surface area contributed by atoms with Crippen LogP contribution in [0.4, 0.5) is 5.69 Å². The van der Waals surface area contributed by atoms with Crippen LogP contribution < -0.4 is 21.5 Å². The van der Waals surface area contributed by atoms with Gasteiger partial charge >= 0.3 is 0 Å². The van der Waals surface area contributed by atoms with Crippen molar-refractivity contribution in [1.29, 1.82) is 0 Å². The molecule has 0 spiro atoms. The molecule has 0 aliphatic heterocycles. The van der Waals surface area contributed by atoms with Crippen LogP contribution in [0.5, 0.6) is 5.75 Å². The first-order chi connectivity index (χ1) is 16.8. The van der Waals surface area contributed by atoms with Crippen molar-refractivity contribution in [1.82, 2.24) is 4.90 Å². The Morgan fingerprint density at radius 1 is 1.09 bits per heavy atom. The van der Waals surface area contributed by atoms with E-state index in [2.05, 4.69) is 5.32 Å². The SMILES string of the molecule is CCOCCN(Cc1ccc(NC(=O)[C@@H](N)CC(CCN)Oc2ccccc2)cc1)C(=O)C(Cl)Cl. The molecule has 10 heteroatoms. The third kappa shape index (κ3) is 10.4. The molecule has 0 fully saturated rings. The maximum absolute atomic E-state index is 12.7. The molecule has 35 heavy (non-hydrogen) atoms. The van der Waals surface area contributed by atoms with Crippen LogP contribution in [0.1, 0.15) is 25.3 Å². The van der Waals surface area contributed by atoms with Gasteiger partial charge in [-0.15, -0.1) is 0 Å². The van der Waals surface area contributed by atoms with E-state index in [9.17, 15) is 9.59 Å². The van der Waals surface area contributed by atoms with Crippen molar-refractivity contribution >= 4 is 40.7 Å². The van der Waals surface area contributed by atoms with E-state index >= 15 is 0 Å². The fourth-order valence-corrected chi connectivity index (χ4v) is 3.64. The first kappa shape index (κ1) is 28.9. The zero-order valence-corrected chi connectivity index (χ0v) is 21.4. The minimum absolute atomic E-state index is 0.279. The van der Waals surface area contributed by atoms with Gasteiger partial charge in [-0.2, -0.15) is 0 Å². The van der Waals surface area contributed by atoms with E-state index in [4.69, 9.17) is 44.1 Å². The molecule has 2 amide bonds. The number of alkyl halides is 2. The number of rotatable bonds is 15. The topological polar surface area (TPSA) is 120 Å². The first-order valence-corrected chi connectivity index (χ1v) is 12.4. The molecule has 2 atom stereocenters. The fraction of sp³-hybridized carbons (Fsp3) is 0.440. The molecule has 0 saturated carbocycles. The number of carbonyl (C=O) groups is 2. The standard InChI is InChI=1S/C25H34Cl2N4O4/c1-2-34-15-14-31(25(33)23(26)27)17-18-8-10-19(11-9-18)30-24(32)22(29)16-21(12-13-28)35-20-6-4-3-5-7-20/h3-11,21-23H,2,12-17,28-29H2,1H3,(H,30,32)/t21?,22-/m0/s1. The summed E-state index contributed by atoms with van der Waals surface area (Å²) in [6, 6.07) is 15.7. The second-order valence-corrected chi connectivity index (χ2v) is 9.01. The molecular formula is C25H34Cl2N4O4. The second kappa shape index (κ2) is 15.6. The van der Waals surface area contributed by atoms with Gasteiger partial charge in [0.15, 0.2) is 4.84 Å². The lowest BCUT2D eigenvalue weighted by atomic mass is 10.1. The smallest absolute Gasteiger partial charge is 0.256 e. The van der Waals surface area contributed by atoms with E-state index in [1.54, 1.807) is 12.1 Å². The maximum atomic E-state index is 12.7. The molecule has 2 rings (SSSR count). The molecule has 0 bridgehead atoms. The molecule has 0 aromatic heterocycles. The molecule has 0 radical (unpaired) electrons. The van der Waals surface area contributed by atoms with E-state index in [1.165, 1.54) is 4.90 Å². The summed E-state index contributed by atoms with van der Waals surface area (Å²) >= 11 is 11.5. The van der Waals surface area contributed by atoms with Crippen LogP contribution in [-0.2, 0) is 20.9 Å². The van der Waals surface area contributed by atoms with Crippen molar-refractivity contribution in [3.8, 4) is 5.75 Å². The Kier molecular flexibility index (Phi) is 12.9. The molecule has 8 nitrogen and oxygen atoms in total. The summed E-state index contributed by atoms with van der Waals surface area (Å²) in [4.78, 5) is 25.3. The number of hydrogen-bond acceptors (Lipinski definition) is 6. The van der Waals surface area contributed by atoms with Crippen LogP contribution in [-0.4, -0.2) is 60.0 Å². The molecule has 1 unspecified atom stereocenters. The van der Waals surface area contributed by atoms with E-state index in [0.717, 1.165) is 5.56 Å². The largest absolute Gasteiger partial charge is 0.490 e. The van der Waals surface area contributed by atoms with Crippen molar-refractivity contribution in [2.24, 2.45) is 11.5 Å². The minimum Gasteiger partial charge on any atom is -0.490 e. The van der Waals surface area contributed by atoms with Crippen molar-refractivity contribution in [2.45, 2.75) is 43.3 Å². The predicted octanol–water partition coefficient (Wildman–Crippen LogP) is 3.31. The Hall–Kier alpha value is -2.36. The molecule has 2 aromatic rings. The van der Waals surface area contributed by atoms with Crippen LogP contribution in [0, 0.1) is 0 Å². The van der Waals surface area contributed by atoms with Gasteiger partial charge in [0.1, 0.15) is 11.9 Å². The number of ether oxygens (including phenoxy) is 2. The molecule has 192 valence electrons. The molecule has 5 N–H and O–H groups in total. The lowest BCUT2D eigenvalue weighted by molar-refractivity contribution is -0.130. The summed E-state index contributed by atoms with van der Waals surface area (Å²) in [6.07, 6.45) is 0.623. The van der Waals surface area contributed by atoms with Gasteiger partial charge in [-0.25, -0.2) is 0 Å². The molecule has 0 aliphatic rings. The molecule has 0 aliphatic carbocycles. The van der Waals surface area contributed by atoms with Gasteiger partial charge in [0, 0.05) is 31.8 Å². The number of nitrogens with one attached hydrogen (secondary N) is 1. The number of nitrogens with zero attached hydrogens (tertiary/aromatic N) is 1. The highest BCUT2D eigenvalue weighted by molar-refractivity contribution is 6.53. The van der Waals surface area contributed by atoms with E-state index in [1.807, 2.05) is 49.4 Å². The number of benzene rings is 2. The average molecular weight is 525 g/mol. The summed E-state index contributed by atoms with van der Waals surface area (Å²) in [5.74, 6) is -0.00389. The van der Waals surface area contributed by atoms with Gasteiger partial charge in [0.2, 0.25) is 5.91 Å². The van der Waals surface area contributed by atoms with E-state index in [0.29, 0.717) is 57.1 Å². The summed E-state index contributed by atoms with van der Waals surface area (Å²) in [6.45, 7) is 3.92. The van der Waals surface area contributed by atoms with Crippen LogP contribution in [0.25, 0.3) is 0 Å². The quantitative estimate of drug-likeness (QED) is 0.243. The number of halogens is 2. The van der Waals surface area contributed by atoms with Crippen LogP contribution >= 0.6 is 23.2 Å².